The Balaban J connectivity index is 1.73. The molecule has 0 spiro atoms. The van der Waals surface area contributed by atoms with Crippen LogP contribution in [0.25, 0.3) is 0 Å². The number of carbonyl (C=O) groups is 3. The zero-order chi connectivity index (χ0) is 20.0. The monoisotopic (exact) mass is 380 g/mol. The molecule has 0 radical (unpaired) electrons. The van der Waals surface area contributed by atoms with Crippen molar-refractivity contribution in [1.82, 2.24) is 0 Å². The fourth-order valence-electron chi connectivity index (χ4n) is 3.47. The molecule has 2 aromatic carbocycles. The first-order chi connectivity index (χ1) is 13.5. The normalized spacial score (nSPS) is 16.6. The lowest BCUT2D eigenvalue weighted by molar-refractivity contribution is -0.177. The van der Waals surface area contributed by atoms with Crippen LogP contribution in [0.4, 0.5) is 0 Å². The number of rotatable bonds is 7. The zero-order valence-corrected chi connectivity index (χ0v) is 15.9. The second-order valence-corrected chi connectivity index (χ2v) is 7.30. The molecule has 0 unspecified atom stereocenters. The van der Waals surface area contributed by atoms with Crippen molar-refractivity contribution in [2.75, 3.05) is 0 Å². The van der Waals surface area contributed by atoms with Crippen molar-refractivity contribution in [3.63, 3.8) is 0 Å². The van der Waals surface area contributed by atoms with E-state index in [1.54, 1.807) is 0 Å². The third-order valence-corrected chi connectivity index (χ3v) is 5.34. The van der Waals surface area contributed by atoms with Gasteiger partial charge < -0.3 is 9.47 Å². The lowest BCUT2D eigenvalue weighted by Crippen LogP contribution is -2.44. The molecule has 1 fully saturated rings. The SMILES string of the molecule is CC(C(=O)OCc1ccccc1)(C(=O)OCc1ccccc1)[C@H]1CCC(=O)C1. The lowest BCUT2D eigenvalue weighted by Gasteiger charge is -2.30. The van der Waals surface area contributed by atoms with Gasteiger partial charge in [0.2, 0.25) is 0 Å². The Labute approximate surface area is 164 Å². The van der Waals surface area contributed by atoms with E-state index in [1.165, 1.54) is 6.92 Å². The van der Waals surface area contributed by atoms with Gasteiger partial charge >= 0.3 is 11.9 Å². The summed E-state index contributed by atoms with van der Waals surface area (Å²) in [5, 5.41) is 0. The van der Waals surface area contributed by atoms with E-state index in [1.807, 2.05) is 60.7 Å². The van der Waals surface area contributed by atoms with E-state index in [0.717, 1.165) is 11.1 Å². The van der Waals surface area contributed by atoms with Gasteiger partial charge in [0.1, 0.15) is 19.0 Å². The van der Waals surface area contributed by atoms with Gasteiger partial charge in [-0.3, -0.25) is 14.4 Å². The van der Waals surface area contributed by atoms with Gasteiger partial charge in [0.15, 0.2) is 5.41 Å². The molecule has 0 amide bonds. The van der Waals surface area contributed by atoms with E-state index in [2.05, 4.69) is 0 Å². The Morgan fingerprint density at radius 1 is 0.893 bits per heavy atom. The average molecular weight is 380 g/mol. The molecule has 0 bridgehead atoms. The molecular weight excluding hydrogens is 356 g/mol. The summed E-state index contributed by atoms with van der Waals surface area (Å²) in [6.07, 6.45) is 1.05. The fourth-order valence-corrected chi connectivity index (χ4v) is 3.47. The minimum atomic E-state index is -1.50. The Hall–Kier alpha value is -2.95. The van der Waals surface area contributed by atoms with Crippen molar-refractivity contribution >= 4 is 17.7 Å². The smallest absolute Gasteiger partial charge is 0.323 e. The van der Waals surface area contributed by atoms with Crippen molar-refractivity contribution in [2.45, 2.75) is 39.4 Å². The van der Waals surface area contributed by atoms with E-state index in [-0.39, 0.29) is 25.4 Å². The summed E-state index contributed by atoms with van der Waals surface area (Å²) in [5.41, 5.74) is 0.159. The van der Waals surface area contributed by atoms with Gasteiger partial charge in [-0.25, -0.2) is 0 Å². The van der Waals surface area contributed by atoms with Crippen LogP contribution in [0.3, 0.4) is 0 Å². The highest BCUT2D eigenvalue weighted by Gasteiger charge is 2.52. The zero-order valence-electron chi connectivity index (χ0n) is 15.9. The van der Waals surface area contributed by atoms with Crippen LogP contribution >= 0.6 is 0 Å². The molecule has 0 heterocycles. The molecule has 0 aromatic heterocycles. The molecule has 146 valence electrons. The summed E-state index contributed by atoms with van der Waals surface area (Å²) < 4.78 is 10.9. The number of hydrogen-bond donors (Lipinski definition) is 0. The highest BCUT2D eigenvalue weighted by molar-refractivity contribution is 6.01. The number of esters is 2. The minimum absolute atomic E-state index is 0.0583. The maximum atomic E-state index is 13.0. The topological polar surface area (TPSA) is 69.7 Å². The Kier molecular flexibility index (Phi) is 6.24. The maximum Gasteiger partial charge on any atom is 0.323 e. The molecule has 28 heavy (non-hydrogen) atoms. The van der Waals surface area contributed by atoms with Crippen molar-refractivity contribution in [3.05, 3.63) is 71.8 Å². The highest BCUT2D eigenvalue weighted by Crippen LogP contribution is 2.41. The molecule has 2 aromatic rings. The number of ketones is 1. The number of hydrogen-bond acceptors (Lipinski definition) is 5. The van der Waals surface area contributed by atoms with Crippen LogP contribution in [0, 0.1) is 11.3 Å². The second-order valence-electron chi connectivity index (χ2n) is 7.30. The summed E-state index contributed by atoms with van der Waals surface area (Å²) in [6, 6.07) is 18.5. The van der Waals surface area contributed by atoms with Crippen molar-refractivity contribution in [3.8, 4) is 0 Å². The molecule has 5 heteroatoms. The summed E-state index contributed by atoms with van der Waals surface area (Å²) in [5.74, 6) is -1.64. The minimum Gasteiger partial charge on any atom is -0.460 e. The molecule has 3 rings (SSSR count). The van der Waals surface area contributed by atoms with Gasteiger partial charge in [-0.15, -0.1) is 0 Å². The van der Waals surface area contributed by atoms with Crippen LogP contribution in [0.5, 0.6) is 0 Å². The lowest BCUT2D eigenvalue weighted by atomic mass is 9.76. The summed E-state index contributed by atoms with van der Waals surface area (Å²) >= 11 is 0. The number of carbonyl (C=O) groups excluding carboxylic acids is 3. The number of ether oxygens (including phenoxy) is 2. The maximum absolute atomic E-state index is 13.0. The van der Waals surface area contributed by atoms with Gasteiger partial charge in [-0.05, 0) is 30.4 Å². The third-order valence-electron chi connectivity index (χ3n) is 5.34. The molecular formula is C23H24O5. The van der Waals surface area contributed by atoms with Crippen molar-refractivity contribution < 1.29 is 23.9 Å². The molecule has 1 atom stereocenters. The van der Waals surface area contributed by atoms with Gasteiger partial charge in [0.05, 0.1) is 0 Å². The molecule has 5 nitrogen and oxygen atoms in total. The Bertz CT molecular complexity index is 773. The predicted molar refractivity (Wildman–Crippen MR) is 103 cm³/mol. The average Bonchev–Trinajstić information content (AvgIpc) is 3.17. The first-order valence-corrected chi connectivity index (χ1v) is 9.44. The van der Waals surface area contributed by atoms with Gasteiger partial charge in [-0.1, -0.05) is 60.7 Å². The van der Waals surface area contributed by atoms with E-state index in [0.29, 0.717) is 12.8 Å². The molecule has 1 aliphatic carbocycles. The molecule has 0 N–H and O–H groups in total. The van der Waals surface area contributed by atoms with Crippen LogP contribution in [0.2, 0.25) is 0 Å². The first kappa shape index (κ1) is 19.8. The fraction of sp³-hybridized carbons (Fsp3) is 0.348. The first-order valence-electron chi connectivity index (χ1n) is 9.44. The van der Waals surface area contributed by atoms with E-state index in [4.69, 9.17) is 9.47 Å². The largest absolute Gasteiger partial charge is 0.460 e. The van der Waals surface area contributed by atoms with E-state index < -0.39 is 23.3 Å². The summed E-state index contributed by atoms with van der Waals surface area (Å²) in [6.45, 7) is 1.68. The van der Waals surface area contributed by atoms with Gasteiger partial charge in [0, 0.05) is 12.8 Å². The third kappa shape index (κ3) is 4.47. The van der Waals surface area contributed by atoms with Crippen LogP contribution < -0.4 is 0 Å². The predicted octanol–water partition coefficient (Wildman–Crippen LogP) is 3.85. The van der Waals surface area contributed by atoms with Crippen molar-refractivity contribution in [1.29, 1.82) is 0 Å². The van der Waals surface area contributed by atoms with E-state index in [9.17, 15) is 14.4 Å². The van der Waals surface area contributed by atoms with Crippen LogP contribution in [0.1, 0.15) is 37.3 Å². The van der Waals surface area contributed by atoms with Crippen molar-refractivity contribution in [2.24, 2.45) is 11.3 Å². The van der Waals surface area contributed by atoms with Gasteiger partial charge in [0.25, 0.3) is 0 Å². The standard InChI is InChI=1S/C23H24O5/c1-23(19-12-13-20(24)14-19,21(25)27-15-17-8-4-2-5-9-17)22(26)28-16-18-10-6-3-7-11-18/h2-11,19H,12-16H2,1H3/t19-/m0/s1. The van der Waals surface area contributed by atoms with Crippen LogP contribution in [0.15, 0.2) is 60.7 Å². The molecule has 0 aliphatic heterocycles. The molecule has 1 aliphatic rings. The summed E-state index contributed by atoms with van der Waals surface area (Å²) in [4.78, 5) is 37.7. The Morgan fingerprint density at radius 3 is 1.75 bits per heavy atom. The summed E-state index contributed by atoms with van der Waals surface area (Å²) in [7, 11) is 0. The second kappa shape index (κ2) is 8.83. The Morgan fingerprint density at radius 2 is 1.36 bits per heavy atom. The number of benzene rings is 2. The van der Waals surface area contributed by atoms with Crippen LogP contribution in [-0.2, 0) is 37.1 Å². The van der Waals surface area contributed by atoms with Gasteiger partial charge in [-0.2, -0.15) is 0 Å². The van der Waals surface area contributed by atoms with E-state index >= 15 is 0 Å². The number of Topliss-reactive ketones (excluding diaryl/α,β-unsaturated/α-hetero) is 1. The highest BCUT2D eigenvalue weighted by atomic mass is 16.6. The quantitative estimate of drug-likeness (QED) is 0.539. The molecule has 0 saturated heterocycles. The van der Waals surface area contributed by atoms with Crippen LogP contribution in [-0.4, -0.2) is 17.7 Å². The molecule has 1 saturated carbocycles.